The summed E-state index contributed by atoms with van der Waals surface area (Å²) >= 11 is 0. The van der Waals surface area contributed by atoms with Gasteiger partial charge in [0.2, 0.25) is 0 Å². The molecule has 1 saturated heterocycles. The van der Waals surface area contributed by atoms with Crippen molar-refractivity contribution >= 4 is 6.09 Å². The van der Waals surface area contributed by atoms with E-state index in [0.717, 1.165) is 44.6 Å². The van der Waals surface area contributed by atoms with Gasteiger partial charge in [-0.3, -0.25) is 0 Å². The molecule has 1 N–H and O–H groups in total. The van der Waals surface area contributed by atoms with Crippen LogP contribution in [0.1, 0.15) is 25.3 Å². The minimum Gasteiger partial charge on any atom is -0.445 e. The lowest BCUT2D eigenvalue weighted by molar-refractivity contribution is 0.133. The molecule has 0 radical (unpaired) electrons. The standard InChI is InChI=1S/C16H24N2O2/c1-2-18-10-8-14(9-11-18)12-17-16(19)20-13-15-6-4-3-5-7-15/h3-7,14H,2,8-13H2,1H3,(H,17,19). The summed E-state index contributed by atoms with van der Waals surface area (Å²) in [4.78, 5) is 14.1. The quantitative estimate of drug-likeness (QED) is 0.899. The van der Waals surface area contributed by atoms with E-state index in [1.54, 1.807) is 0 Å². The summed E-state index contributed by atoms with van der Waals surface area (Å²) in [7, 11) is 0. The second kappa shape index (κ2) is 7.90. The van der Waals surface area contributed by atoms with Gasteiger partial charge in [-0.2, -0.15) is 0 Å². The molecular weight excluding hydrogens is 252 g/mol. The van der Waals surface area contributed by atoms with Gasteiger partial charge in [-0.05, 0) is 44.0 Å². The molecule has 1 aromatic rings. The van der Waals surface area contributed by atoms with Gasteiger partial charge in [0, 0.05) is 6.54 Å². The minimum atomic E-state index is -0.313. The number of nitrogens with zero attached hydrogens (tertiary/aromatic N) is 1. The predicted molar refractivity (Wildman–Crippen MR) is 79.5 cm³/mol. The van der Waals surface area contributed by atoms with Crippen LogP contribution in [0.15, 0.2) is 30.3 Å². The van der Waals surface area contributed by atoms with Crippen molar-refractivity contribution in [3.8, 4) is 0 Å². The van der Waals surface area contributed by atoms with Gasteiger partial charge in [-0.25, -0.2) is 4.79 Å². The molecular formula is C16H24N2O2. The van der Waals surface area contributed by atoms with E-state index >= 15 is 0 Å². The Bertz CT molecular complexity index is 400. The highest BCUT2D eigenvalue weighted by atomic mass is 16.5. The molecule has 4 heteroatoms. The van der Waals surface area contributed by atoms with Gasteiger partial charge in [-0.15, -0.1) is 0 Å². The fraction of sp³-hybridized carbons (Fsp3) is 0.562. The molecule has 0 bridgehead atoms. The van der Waals surface area contributed by atoms with E-state index in [2.05, 4.69) is 17.1 Å². The molecule has 1 heterocycles. The van der Waals surface area contributed by atoms with Crippen LogP contribution < -0.4 is 5.32 Å². The van der Waals surface area contributed by atoms with E-state index < -0.39 is 0 Å². The first-order chi connectivity index (χ1) is 9.78. The predicted octanol–water partition coefficient (Wildman–Crippen LogP) is 2.64. The number of hydrogen-bond acceptors (Lipinski definition) is 3. The fourth-order valence-corrected chi connectivity index (χ4v) is 2.51. The highest BCUT2D eigenvalue weighted by molar-refractivity contribution is 5.67. The Morgan fingerprint density at radius 1 is 1.30 bits per heavy atom. The number of hydrogen-bond donors (Lipinski definition) is 1. The van der Waals surface area contributed by atoms with Crippen LogP contribution in [0.25, 0.3) is 0 Å². The maximum atomic E-state index is 11.6. The first kappa shape index (κ1) is 14.9. The van der Waals surface area contributed by atoms with Crippen LogP contribution in [0, 0.1) is 5.92 Å². The van der Waals surface area contributed by atoms with Gasteiger partial charge < -0.3 is 15.0 Å². The molecule has 1 fully saturated rings. The molecule has 0 atom stereocenters. The molecule has 110 valence electrons. The van der Waals surface area contributed by atoms with Gasteiger partial charge in [0.15, 0.2) is 0 Å². The molecule has 1 amide bonds. The number of nitrogens with one attached hydrogen (secondary N) is 1. The molecule has 1 aliphatic rings. The van der Waals surface area contributed by atoms with Crippen LogP contribution >= 0.6 is 0 Å². The summed E-state index contributed by atoms with van der Waals surface area (Å²) in [6.07, 6.45) is 2.01. The average molecular weight is 276 g/mol. The number of carbonyl (C=O) groups excluding carboxylic acids is 1. The van der Waals surface area contributed by atoms with Gasteiger partial charge >= 0.3 is 6.09 Å². The molecule has 0 aliphatic carbocycles. The zero-order chi connectivity index (χ0) is 14.2. The van der Waals surface area contributed by atoms with Crippen molar-refractivity contribution in [2.75, 3.05) is 26.2 Å². The summed E-state index contributed by atoms with van der Waals surface area (Å²) in [6.45, 7) is 6.66. The number of likely N-dealkylation sites (tertiary alicyclic amines) is 1. The van der Waals surface area contributed by atoms with Crippen molar-refractivity contribution in [3.05, 3.63) is 35.9 Å². The monoisotopic (exact) mass is 276 g/mol. The lowest BCUT2D eigenvalue weighted by atomic mass is 9.97. The smallest absolute Gasteiger partial charge is 0.407 e. The summed E-state index contributed by atoms with van der Waals surface area (Å²) in [5.74, 6) is 0.585. The number of ether oxygens (including phenoxy) is 1. The lowest BCUT2D eigenvalue weighted by Crippen LogP contribution is -2.38. The Morgan fingerprint density at radius 3 is 2.65 bits per heavy atom. The van der Waals surface area contributed by atoms with Crippen LogP contribution in [-0.4, -0.2) is 37.2 Å². The fourth-order valence-electron chi connectivity index (χ4n) is 2.51. The van der Waals surface area contributed by atoms with Crippen molar-refractivity contribution < 1.29 is 9.53 Å². The highest BCUT2D eigenvalue weighted by Gasteiger charge is 2.18. The zero-order valence-corrected chi connectivity index (χ0v) is 12.2. The van der Waals surface area contributed by atoms with E-state index in [1.165, 1.54) is 0 Å². The van der Waals surface area contributed by atoms with Gasteiger partial charge in [0.25, 0.3) is 0 Å². The summed E-state index contributed by atoms with van der Waals surface area (Å²) in [5, 5.41) is 2.88. The second-order valence-corrected chi connectivity index (χ2v) is 5.32. The van der Waals surface area contributed by atoms with Crippen molar-refractivity contribution in [2.45, 2.75) is 26.4 Å². The Balaban J connectivity index is 1.61. The Hall–Kier alpha value is -1.55. The van der Waals surface area contributed by atoms with E-state index in [-0.39, 0.29) is 6.09 Å². The summed E-state index contributed by atoms with van der Waals surface area (Å²) in [6, 6.07) is 9.74. The Labute approximate surface area is 121 Å². The van der Waals surface area contributed by atoms with Crippen molar-refractivity contribution in [2.24, 2.45) is 5.92 Å². The van der Waals surface area contributed by atoms with E-state index in [9.17, 15) is 4.79 Å². The van der Waals surface area contributed by atoms with E-state index in [0.29, 0.717) is 12.5 Å². The Morgan fingerprint density at radius 2 is 2.00 bits per heavy atom. The number of carbonyl (C=O) groups is 1. The third-order valence-electron chi connectivity index (χ3n) is 3.90. The van der Waals surface area contributed by atoms with E-state index in [4.69, 9.17) is 4.74 Å². The van der Waals surface area contributed by atoms with Gasteiger partial charge in [0.1, 0.15) is 6.61 Å². The maximum Gasteiger partial charge on any atom is 0.407 e. The largest absolute Gasteiger partial charge is 0.445 e. The number of alkyl carbamates (subject to hydrolysis) is 1. The molecule has 0 spiro atoms. The molecule has 0 aromatic heterocycles. The number of piperidine rings is 1. The number of amides is 1. The Kier molecular flexibility index (Phi) is 5.87. The molecule has 1 aromatic carbocycles. The van der Waals surface area contributed by atoms with Gasteiger partial charge in [-0.1, -0.05) is 37.3 Å². The first-order valence-electron chi connectivity index (χ1n) is 7.45. The molecule has 0 unspecified atom stereocenters. The molecule has 2 rings (SSSR count). The third kappa shape index (κ3) is 4.85. The van der Waals surface area contributed by atoms with Crippen LogP contribution in [0.2, 0.25) is 0 Å². The van der Waals surface area contributed by atoms with Crippen molar-refractivity contribution in [1.29, 1.82) is 0 Å². The number of rotatable bonds is 5. The first-order valence-corrected chi connectivity index (χ1v) is 7.45. The minimum absolute atomic E-state index is 0.313. The summed E-state index contributed by atoms with van der Waals surface area (Å²) in [5.41, 5.74) is 1.01. The second-order valence-electron chi connectivity index (χ2n) is 5.32. The SMILES string of the molecule is CCN1CCC(CNC(=O)OCc2ccccc2)CC1. The molecule has 4 nitrogen and oxygen atoms in total. The number of benzene rings is 1. The highest BCUT2D eigenvalue weighted by Crippen LogP contribution is 2.15. The summed E-state index contributed by atoms with van der Waals surface area (Å²) < 4.78 is 5.20. The maximum absolute atomic E-state index is 11.6. The molecule has 1 aliphatic heterocycles. The zero-order valence-electron chi connectivity index (χ0n) is 12.2. The van der Waals surface area contributed by atoms with Crippen LogP contribution in [0.3, 0.4) is 0 Å². The average Bonchev–Trinajstić information content (AvgIpc) is 2.52. The van der Waals surface area contributed by atoms with Crippen LogP contribution in [0.5, 0.6) is 0 Å². The third-order valence-corrected chi connectivity index (χ3v) is 3.90. The van der Waals surface area contributed by atoms with Crippen LogP contribution in [0.4, 0.5) is 4.79 Å². The lowest BCUT2D eigenvalue weighted by Gasteiger charge is -2.30. The normalized spacial score (nSPS) is 16.9. The van der Waals surface area contributed by atoms with Crippen molar-refractivity contribution in [3.63, 3.8) is 0 Å². The van der Waals surface area contributed by atoms with Crippen molar-refractivity contribution in [1.82, 2.24) is 10.2 Å². The molecule has 0 saturated carbocycles. The topological polar surface area (TPSA) is 41.6 Å². The molecule has 20 heavy (non-hydrogen) atoms. The van der Waals surface area contributed by atoms with Gasteiger partial charge in [0.05, 0.1) is 0 Å². The van der Waals surface area contributed by atoms with Crippen LogP contribution in [-0.2, 0) is 11.3 Å². The van der Waals surface area contributed by atoms with E-state index in [1.807, 2.05) is 30.3 Å².